The fourth-order valence-electron chi connectivity index (χ4n) is 5.24. The molecule has 1 saturated heterocycles. The summed E-state index contributed by atoms with van der Waals surface area (Å²) in [4.78, 5) is 14.1. The van der Waals surface area contributed by atoms with E-state index in [0.29, 0.717) is 23.0 Å². The smallest absolute Gasteiger partial charge is 0.150 e. The second kappa shape index (κ2) is 10.3. The third-order valence-electron chi connectivity index (χ3n) is 7.27. The lowest BCUT2D eigenvalue weighted by Crippen LogP contribution is -2.34. The van der Waals surface area contributed by atoms with Gasteiger partial charge in [-0.05, 0) is 68.2 Å². The largest absolute Gasteiger partial charge is 0.496 e. The molecule has 7 nitrogen and oxygen atoms in total. The van der Waals surface area contributed by atoms with Crippen LogP contribution in [0.15, 0.2) is 30.3 Å². The molecule has 0 radical (unpaired) electrons. The van der Waals surface area contributed by atoms with Crippen LogP contribution in [0.5, 0.6) is 11.5 Å². The van der Waals surface area contributed by atoms with Crippen LogP contribution in [0, 0.1) is 11.8 Å². The zero-order valence-corrected chi connectivity index (χ0v) is 21.0. The van der Waals surface area contributed by atoms with Gasteiger partial charge in [0.2, 0.25) is 0 Å². The van der Waals surface area contributed by atoms with E-state index in [0.717, 1.165) is 80.2 Å². The van der Waals surface area contributed by atoms with E-state index >= 15 is 0 Å². The lowest BCUT2D eigenvalue weighted by molar-refractivity contribution is 0.0681. The highest BCUT2D eigenvalue weighted by Gasteiger charge is 2.30. The van der Waals surface area contributed by atoms with Crippen LogP contribution in [-0.4, -0.2) is 56.4 Å². The number of aldehydes is 1. The quantitative estimate of drug-likeness (QED) is 0.381. The van der Waals surface area contributed by atoms with Gasteiger partial charge in [0, 0.05) is 31.9 Å². The molecule has 186 valence electrons. The van der Waals surface area contributed by atoms with Crippen molar-refractivity contribution >= 4 is 17.5 Å². The molecule has 2 aliphatic rings. The minimum Gasteiger partial charge on any atom is -0.496 e. The summed E-state index contributed by atoms with van der Waals surface area (Å²) in [5.74, 6) is 2.59. The summed E-state index contributed by atoms with van der Waals surface area (Å²) < 4.78 is 19.1. The van der Waals surface area contributed by atoms with Crippen LogP contribution >= 0.6 is 0 Å². The van der Waals surface area contributed by atoms with Gasteiger partial charge in [-0.25, -0.2) is 4.52 Å². The normalized spacial score (nSPS) is 16.4. The molecule has 2 aromatic heterocycles. The number of nitrogens with zero attached hydrogens (tertiary/aromatic N) is 3. The predicted octanol–water partition coefficient (Wildman–Crippen LogP) is 5.04. The molecule has 0 unspecified atom stereocenters. The topological polar surface area (TPSA) is 65.3 Å². The molecule has 2 fully saturated rings. The van der Waals surface area contributed by atoms with E-state index in [1.807, 2.05) is 10.6 Å². The molecular formula is C28H35N3O4. The van der Waals surface area contributed by atoms with Gasteiger partial charge in [-0.3, -0.25) is 4.79 Å². The van der Waals surface area contributed by atoms with Crippen LogP contribution < -0.4 is 14.4 Å². The van der Waals surface area contributed by atoms with Gasteiger partial charge in [-0.15, -0.1) is 0 Å². The van der Waals surface area contributed by atoms with E-state index in [4.69, 9.17) is 19.3 Å². The maximum atomic E-state index is 11.5. The lowest BCUT2D eigenvalue weighted by atomic mass is 9.99. The minimum atomic E-state index is 0.511. The predicted molar refractivity (Wildman–Crippen MR) is 137 cm³/mol. The van der Waals surface area contributed by atoms with Gasteiger partial charge >= 0.3 is 0 Å². The van der Waals surface area contributed by atoms with Gasteiger partial charge in [0.25, 0.3) is 0 Å². The summed E-state index contributed by atoms with van der Waals surface area (Å²) in [6.07, 6.45) is 6.52. The first-order valence-electron chi connectivity index (χ1n) is 12.7. The van der Waals surface area contributed by atoms with E-state index in [2.05, 4.69) is 24.0 Å². The molecule has 35 heavy (non-hydrogen) atoms. The molecule has 3 aromatic rings. The van der Waals surface area contributed by atoms with Crippen molar-refractivity contribution in [3.05, 3.63) is 41.6 Å². The Hall–Kier alpha value is -3.06. The summed E-state index contributed by atoms with van der Waals surface area (Å²) in [6.45, 7) is 6.01. The number of aryl methyl sites for hydroxylation is 1. The zero-order valence-electron chi connectivity index (χ0n) is 21.0. The van der Waals surface area contributed by atoms with E-state index in [9.17, 15) is 4.79 Å². The fourth-order valence-corrected chi connectivity index (χ4v) is 5.24. The first-order valence-corrected chi connectivity index (χ1v) is 12.7. The third-order valence-corrected chi connectivity index (χ3v) is 7.27. The van der Waals surface area contributed by atoms with Crippen molar-refractivity contribution < 1.29 is 19.0 Å². The van der Waals surface area contributed by atoms with Crippen LogP contribution in [0.25, 0.3) is 16.8 Å². The molecule has 0 N–H and O–H groups in total. The van der Waals surface area contributed by atoms with Gasteiger partial charge in [-0.1, -0.05) is 13.0 Å². The SMILES string of the molecule is CCc1nn2c(-c3c(OC)cc(C=O)cc3OC)cccc2c1N(CC1CCOCC1)CC1CC1. The summed E-state index contributed by atoms with van der Waals surface area (Å²) in [7, 11) is 3.23. The number of aromatic nitrogens is 2. The van der Waals surface area contributed by atoms with Crippen molar-refractivity contribution in [2.75, 3.05) is 45.4 Å². The molecule has 1 aromatic carbocycles. The molecule has 7 heteroatoms. The van der Waals surface area contributed by atoms with Crippen LogP contribution in [0.1, 0.15) is 48.7 Å². The summed E-state index contributed by atoms with van der Waals surface area (Å²) >= 11 is 0. The Balaban J connectivity index is 1.64. The van der Waals surface area contributed by atoms with Crippen LogP contribution in [0.2, 0.25) is 0 Å². The second-order valence-electron chi connectivity index (χ2n) is 9.68. The molecule has 1 aliphatic heterocycles. The van der Waals surface area contributed by atoms with Gasteiger partial charge < -0.3 is 19.1 Å². The average molecular weight is 478 g/mol. The number of benzene rings is 1. The van der Waals surface area contributed by atoms with E-state index in [-0.39, 0.29) is 0 Å². The first-order chi connectivity index (χ1) is 17.2. The summed E-state index contributed by atoms with van der Waals surface area (Å²) in [6, 6.07) is 9.77. The van der Waals surface area contributed by atoms with Gasteiger partial charge in [0.05, 0.1) is 42.4 Å². The Bertz CT molecular complexity index is 1170. The number of pyridine rings is 1. The Kier molecular flexibility index (Phi) is 6.95. The molecule has 5 rings (SSSR count). The Morgan fingerprint density at radius 3 is 2.29 bits per heavy atom. The van der Waals surface area contributed by atoms with E-state index < -0.39 is 0 Å². The molecule has 0 amide bonds. The summed E-state index contributed by atoms with van der Waals surface area (Å²) in [5.41, 5.74) is 5.63. The number of hydrogen-bond donors (Lipinski definition) is 0. The highest BCUT2D eigenvalue weighted by Crippen LogP contribution is 2.42. The second-order valence-corrected chi connectivity index (χ2v) is 9.68. The van der Waals surface area contributed by atoms with Crippen LogP contribution in [-0.2, 0) is 11.2 Å². The Labute approximate surface area is 207 Å². The molecule has 1 saturated carbocycles. The molecule has 0 spiro atoms. The number of anilines is 1. The maximum absolute atomic E-state index is 11.5. The zero-order chi connectivity index (χ0) is 24.4. The van der Waals surface area contributed by atoms with Gasteiger partial charge in [0.15, 0.2) is 0 Å². The first kappa shape index (κ1) is 23.7. The number of carbonyl (C=O) groups excluding carboxylic acids is 1. The van der Waals surface area contributed by atoms with Crippen molar-refractivity contribution in [2.24, 2.45) is 11.8 Å². The van der Waals surface area contributed by atoms with E-state index in [1.54, 1.807) is 26.4 Å². The number of hydrogen-bond acceptors (Lipinski definition) is 6. The number of methoxy groups -OCH3 is 2. The number of carbonyl (C=O) groups is 1. The fraction of sp³-hybridized carbons (Fsp3) is 0.500. The molecular weight excluding hydrogens is 442 g/mol. The standard InChI is InChI=1S/C28H35N3O4/c1-4-22-28(30(16-19-8-9-19)17-20-10-12-35-13-11-20)24-7-5-6-23(31(24)29-22)27-25(33-2)14-21(18-32)15-26(27)34-3/h5-7,14-15,18-20H,4,8-13,16-17H2,1-3H3. The lowest BCUT2D eigenvalue weighted by Gasteiger charge is -2.31. The average Bonchev–Trinajstić information content (AvgIpc) is 3.64. The molecule has 0 bridgehead atoms. The van der Waals surface area contributed by atoms with Crippen LogP contribution in [0.4, 0.5) is 5.69 Å². The van der Waals surface area contributed by atoms with Crippen molar-refractivity contribution in [3.8, 4) is 22.8 Å². The molecule has 3 heterocycles. The number of fused-ring (bicyclic) bond motifs is 1. The maximum Gasteiger partial charge on any atom is 0.150 e. The highest BCUT2D eigenvalue weighted by molar-refractivity contribution is 5.86. The molecule has 1 aliphatic carbocycles. The Morgan fingerprint density at radius 1 is 1.06 bits per heavy atom. The number of rotatable bonds is 10. The van der Waals surface area contributed by atoms with Crippen molar-refractivity contribution in [3.63, 3.8) is 0 Å². The molecule has 0 atom stereocenters. The monoisotopic (exact) mass is 477 g/mol. The van der Waals surface area contributed by atoms with E-state index in [1.165, 1.54) is 18.5 Å². The van der Waals surface area contributed by atoms with Crippen LogP contribution in [0.3, 0.4) is 0 Å². The number of ether oxygens (including phenoxy) is 3. The summed E-state index contributed by atoms with van der Waals surface area (Å²) in [5, 5.41) is 5.11. The Morgan fingerprint density at radius 2 is 1.71 bits per heavy atom. The van der Waals surface area contributed by atoms with Gasteiger partial charge in [-0.2, -0.15) is 5.10 Å². The van der Waals surface area contributed by atoms with Crippen molar-refractivity contribution in [1.82, 2.24) is 9.61 Å². The van der Waals surface area contributed by atoms with Crippen molar-refractivity contribution in [2.45, 2.75) is 39.0 Å². The van der Waals surface area contributed by atoms with Gasteiger partial charge in [0.1, 0.15) is 17.8 Å². The minimum absolute atomic E-state index is 0.511. The highest BCUT2D eigenvalue weighted by atomic mass is 16.5. The third kappa shape index (κ3) is 4.74. The van der Waals surface area contributed by atoms with Crippen molar-refractivity contribution in [1.29, 1.82) is 0 Å².